The Morgan fingerprint density at radius 1 is 1.56 bits per heavy atom. The highest BCUT2D eigenvalue weighted by atomic mass is 16.5. The van der Waals surface area contributed by atoms with Gasteiger partial charge in [0.1, 0.15) is 0 Å². The van der Waals surface area contributed by atoms with Crippen LogP contribution in [-0.2, 0) is 4.74 Å². The highest BCUT2D eigenvalue weighted by Gasteiger charge is 2.24. The number of nitrogen functional groups attached to an aromatic ring is 1. The number of carbonyl (C=O) groups excluding carboxylic acids is 1. The van der Waals surface area contributed by atoms with Crippen LogP contribution in [0.3, 0.4) is 0 Å². The lowest BCUT2D eigenvalue weighted by atomic mass is 10.0. The van der Waals surface area contributed by atoms with E-state index in [0.717, 1.165) is 18.6 Å². The van der Waals surface area contributed by atoms with E-state index in [4.69, 9.17) is 10.5 Å². The molecule has 1 amide bonds. The first-order valence-corrected chi connectivity index (χ1v) is 6.34. The van der Waals surface area contributed by atoms with Gasteiger partial charge in [-0.3, -0.25) is 4.79 Å². The van der Waals surface area contributed by atoms with Gasteiger partial charge in [0.05, 0.1) is 6.10 Å². The molecule has 18 heavy (non-hydrogen) atoms. The quantitative estimate of drug-likeness (QED) is 0.801. The van der Waals surface area contributed by atoms with Crippen LogP contribution < -0.4 is 11.1 Å². The van der Waals surface area contributed by atoms with Gasteiger partial charge in [0.25, 0.3) is 5.91 Å². The lowest BCUT2D eigenvalue weighted by Crippen LogP contribution is -2.32. The van der Waals surface area contributed by atoms with Gasteiger partial charge < -0.3 is 15.8 Å². The number of ether oxygens (including phenoxy) is 1. The van der Waals surface area contributed by atoms with Crippen molar-refractivity contribution < 1.29 is 9.53 Å². The largest absolute Gasteiger partial charge is 0.399 e. The average molecular weight is 248 g/mol. The maximum absolute atomic E-state index is 12.0. The van der Waals surface area contributed by atoms with Crippen molar-refractivity contribution in [3.05, 3.63) is 29.3 Å². The monoisotopic (exact) mass is 248 g/mol. The zero-order valence-electron chi connectivity index (χ0n) is 10.9. The van der Waals surface area contributed by atoms with E-state index in [0.29, 0.717) is 23.7 Å². The number of nitrogens with two attached hydrogens (primary N) is 1. The number of nitrogens with one attached hydrogen (secondary N) is 1. The van der Waals surface area contributed by atoms with E-state index in [9.17, 15) is 4.79 Å². The van der Waals surface area contributed by atoms with E-state index in [1.807, 2.05) is 13.0 Å². The summed E-state index contributed by atoms with van der Waals surface area (Å²) in [5, 5.41) is 2.97. The van der Waals surface area contributed by atoms with E-state index >= 15 is 0 Å². The van der Waals surface area contributed by atoms with Crippen molar-refractivity contribution in [2.75, 3.05) is 18.9 Å². The summed E-state index contributed by atoms with van der Waals surface area (Å²) in [6.07, 6.45) is 1.25. The fraction of sp³-hybridized carbons (Fsp3) is 0.500. The minimum atomic E-state index is -0.0356. The summed E-state index contributed by atoms with van der Waals surface area (Å²) in [7, 11) is 0. The van der Waals surface area contributed by atoms with Gasteiger partial charge in [-0.05, 0) is 44.0 Å². The van der Waals surface area contributed by atoms with E-state index in [-0.39, 0.29) is 12.0 Å². The smallest absolute Gasteiger partial charge is 0.251 e. The van der Waals surface area contributed by atoms with Crippen molar-refractivity contribution >= 4 is 11.6 Å². The van der Waals surface area contributed by atoms with Crippen molar-refractivity contribution in [2.45, 2.75) is 26.4 Å². The standard InChI is InChI=1S/C14H20N2O2/c1-9-7-12(15)3-4-13(9)14(17)16-8-11-5-6-18-10(11)2/h3-4,7,10-11H,5-6,8,15H2,1-2H3,(H,16,17). The molecule has 1 aromatic rings. The SMILES string of the molecule is Cc1cc(N)ccc1C(=O)NCC1CCOC1C. The van der Waals surface area contributed by atoms with Crippen molar-refractivity contribution in [3.63, 3.8) is 0 Å². The van der Waals surface area contributed by atoms with Gasteiger partial charge in [-0.2, -0.15) is 0 Å². The van der Waals surface area contributed by atoms with Gasteiger partial charge >= 0.3 is 0 Å². The third-order valence-corrected chi connectivity index (χ3v) is 3.55. The van der Waals surface area contributed by atoms with Crippen LogP contribution >= 0.6 is 0 Å². The molecule has 0 bridgehead atoms. The molecule has 0 aromatic heterocycles. The fourth-order valence-electron chi connectivity index (χ4n) is 2.30. The van der Waals surface area contributed by atoms with Crippen LogP contribution in [0.25, 0.3) is 0 Å². The molecular weight excluding hydrogens is 228 g/mol. The molecular formula is C14H20N2O2. The minimum absolute atomic E-state index is 0.0356. The molecule has 1 heterocycles. The Bertz CT molecular complexity index is 445. The normalized spacial score (nSPS) is 23.0. The maximum atomic E-state index is 12.0. The van der Waals surface area contributed by atoms with Gasteiger partial charge in [-0.15, -0.1) is 0 Å². The molecule has 1 aliphatic rings. The zero-order chi connectivity index (χ0) is 13.1. The van der Waals surface area contributed by atoms with Gasteiger partial charge in [0, 0.05) is 30.3 Å². The third-order valence-electron chi connectivity index (χ3n) is 3.55. The van der Waals surface area contributed by atoms with Crippen molar-refractivity contribution in [1.82, 2.24) is 5.32 Å². The summed E-state index contributed by atoms with van der Waals surface area (Å²) in [6.45, 7) is 5.41. The summed E-state index contributed by atoms with van der Waals surface area (Å²) in [6, 6.07) is 5.34. The molecule has 3 N–H and O–H groups in total. The summed E-state index contributed by atoms with van der Waals surface area (Å²) in [5.74, 6) is 0.384. The molecule has 1 saturated heterocycles. The van der Waals surface area contributed by atoms with Gasteiger partial charge in [-0.1, -0.05) is 0 Å². The van der Waals surface area contributed by atoms with Crippen molar-refractivity contribution in [1.29, 1.82) is 0 Å². The fourth-order valence-corrected chi connectivity index (χ4v) is 2.30. The van der Waals surface area contributed by atoms with E-state index in [1.165, 1.54) is 0 Å². The molecule has 1 aliphatic heterocycles. The number of rotatable bonds is 3. The summed E-state index contributed by atoms with van der Waals surface area (Å²) < 4.78 is 5.48. The second-order valence-electron chi connectivity index (χ2n) is 4.91. The number of aryl methyl sites for hydroxylation is 1. The maximum Gasteiger partial charge on any atom is 0.251 e. The van der Waals surface area contributed by atoms with Crippen LogP contribution in [0.15, 0.2) is 18.2 Å². The third kappa shape index (κ3) is 2.82. The molecule has 1 aromatic carbocycles. The predicted molar refractivity (Wildman–Crippen MR) is 71.4 cm³/mol. The zero-order valence-corrected chi connectivity index (χ0v) is 10.9. The topological polar surface area (TPSA) is 64.4 Å². The molecule has 0 radical (unpaired) electrons. The molecule has 2 atom stereocenters. The molecule has 0 saturated carbocycles. The molecule has 0 spiro atoms. The predicted octanol–water partition coefficient (Wildman–Crippen LogP) is 1.73. The van der Waals surface area contributed by atoms with Crippen LogP contribution in [-0.4, -0.2) is 25.2 Å². The van der Waals surface area contributed by atoms with E-state index in [1.54, 1.807) is 12.1 Å². The van der Waals surface area contributed by atoms with Crippen LogP contribution in [0, 0.1) is 12.8 Å². The molecule has 4 heteroatoms. The number of benzene rings is 1. The Labute approximate surface area is 108 Å². The van der Waals surface area contributed by atoms with Gasteiger partial charge in [0.15, 0.2) is 0 Å². The molecule has 2 rings (SSSR count). The Kier molecular flexibility index (Phi) is 3.87. The Hall–Kier alpha value is -1.55. The number of hydrogen-bond acceptors (Lipinski definition) is 3. The number of hydrogen-bond donors (Lipinski definition) is 2. The first-order chi connectivity index (χ1) is 8.58. The minimum Gasteiger partial charge on any atom is -0.399 e. The lowest BCUT2D eigenvalue weighted by molar-refractivity contribution is 0.0907. The molecule has 98 valence electrons. The van der Waals surface area contributed by atoms with Crippen LogP contribution in [0.5, 0.6) is 0 Å². The average Bonchev–Trinajstić information content (AvgIpc) is 2.72. The number of anilines is 1. The molecule has 4 nitrogen and oxygen atoms in total. The molecule has 1 fully saturated rings. The number of amides is 1. The van der Waals surface area contributed by atoms with Crippen molar-refractivity contribution in [3.8, 4) is 0 Å². The molecule has 0 aliphatic carbocycles. The lowest BCUT2D eigenvalue weighted by Gasteiger charge is -2.15. The van der Waals surface area contributed by atoms with Gasteiger partial charge in [-0.25, -0.2) is 0 Å². The highest BCUT2D eigenvalue weighted by molar-refractivity contribution is 5.96. The van der Waals surface area contributed by atoms with Crippen LogP contribution in [0.2, 0.25) is 0 Å². The first kappa shape index (κ1) is 12.9. The van der Waals surface area contributed by atoms with Gasteiger partial charge in [0.2, 0.25) is 0 Å². The summed E-state index contributed by atoms with van der Waals surface area (Å²) >= 11 is 0. The van der Waals surface area contributed by atoms with Crippen molar-refractivity contribution in [2.24, 2.45) is 5.92 Å². The second kappa shape index (κ2) is 5.40. The summed E-state index contributed by atoms with van der Waals surface area (Å²) in [4.78, 5) is 12.0. The molecule has 2 unspecified atom stereocenters. The van der Waals surface area contributed by atoms with Crippen LogP contribution in [0.4, 0.5) is 5.69 Å². The Balaban J connectivity index is 1.95. The van der Waals surface area contributed by atoms with Crippen LogP contribution in [0.1, 0.15) is 29.3 Å². The Morgan fingerprint density at radius 2 is 2.33 bits per heavy atom. The van der Waals surface area contributed by atoms with E-state index in [2.05, 4.69) is 12.2 Å². The summed E-state index contributed by atoms with van der Waals surface area (Å²) in [5.41, 5.74) is 7.95. The highest BCUT2D eigenvalue weighted by Crippen LogP contribution is 2.19. The second-order valence-corrected chi connectivity index (χ2v) is 4.91. The number of carbonyl (C=O) groups is 1. The van der Waals surface area contributed by atoms with E-state index < -0.39 is 0 Å². The first-order valence-electron chi connectivity index (χ1n) is 6.34. The Morgan fingerprint density at radius 3 is 2.94 bits per heavy atom.